The SMILES string of the molecule is NC(=O)NN(Cc1ccccc1F)C(=O)COC(c1ccccc1)(c1ccccc1)c1ccccc1. The lowest BCUT2D eigenvalue weighted by Gasteiger charge is -2.36. The minimum Gasteiger partial charge on any atom is -0.351 e. The van der Waals surface area contributed by atoms with E-state index < -0.39 is 30.0 Å². The second kappa shape index (κ2) is 11.3. The van der Waals surface area contributed by atoms with E-state index in [1.54, 1.807) is 12.1 Å². The van der Waals surface area contributed by atoms with Crippen LogP contribution in [0.2, 0.25) is 0 Å². The number of hydrogen-bond acceptors (Lipinski definition) is 3. The minimum absolute atomic E-state index is 0.215. The molecule has 0 aliphatic carbocycles. The average Bonchev–Trinajstić information content (AvgIpc) is 2.91. The highest BCUT2D eigenvalue weighted by Crippen LogP contribution is 2.40. The van der Waals surface area contributed by atoms with Crippen molar-refractivity contribution in [2.24, 2.45) is 5.73 Å². The number of urea groups is 1. The van der Waals surface area contributed by atoms with Gasteiger partial charge in [0.1, 0.15) is 18.0 Å². The van der Waals surface area contributed by atoms with E-state index in [4.69, 9.17) is 10.5 Å². The van der Waals surface area contributed by atoms with E-state index in [0.29, 0.717) is 0 Å². The molecule has 0 saturated carbocycles. The van der Waals surface area contributed by atoms with Crippen LogP contribution in [0, 0.1) is 5.82 Å². The number of nitrogens with one attached hydrogen (secondary N) is 1. The van der Waals surface area contributed by atoms with E-state index in [9.17, 15) is 14.0 Å². The van der Waals surface area contributed by atoms with Gasteiger partial charge in [0.2, 0.25) is 0 Å². The zero-order valence-corrected chi connectivity index (χ0v) is 19.5. The number of nitrogens with two attached hydrogens (primary N) is 1. The number of hydrazine groups is 1. The molecular weight excluding hydrogens is 457 g/mol. The largest absolute Gasteiger partial charge is 0.351 e. The van der Waals surface area contributed by atoms with Crippen LogP contribution in [0.4, 0.5) is 9.18 Å². The fourth-order valence-corrected chi connectivity index (χ4v) is 4.14. The first-order valence-electron chi connectivity index (χ1n) is 11.4. The Morgan fingerprint density at radius 1 is 0.750 bits per heavy atom. The summed E-state index contributed by atoms with van der Waals surface area (Å²) in [6.07, 6.45) is 0. The molecule has 0 spiro atoms. The average molecular weight is 484 g/mol. The summed E-state index contributed by atoms with van der Waals surface area (Å²) in [6.45, 7) is -0.639. The van der Waals surface area contributed by atoms with E-state index in [0.717, 1.165) is 21.7 Å². The van der Waals surface area contributed by atoms with E-state index in [2.05, 4.69) is 5.43 Å². The Bertz CT molecular complexity index is 1200. The summed E-state index contributed by atoms with van der Waals surface area (Å²) in [4.78, 5) is 25.0. The van der Waals surface area contributed by atoms with Crippen molar-refractivity contribution < 1.29 is 18.7 Å². The molecule has 0 radical (unpaired) electrons. The van der Waals surface area contributed by atoms with E-state index in [1.165, 1.54) is 12.1 Å². The summed E-state index contributed by atoms with van der Waals surface area (Å²) in [5.74, 6) is -1.10. The Kier molecular flexibility index (Phi) is 7.72. The first kappa shape index (κ1) is 24.6. The van der Waals surface area contributed by atoms with Crippen molar-refractivity contribution in [2.45, 2.75) is 12.1 Å². The molecule has 0 aromatic heterocycles. The Morgan fingerprint density at radius 3 is 1.64 bits per heavy atom. The second-order valence-corrected chi connectivity index (χ2v) is 8.12. The zero-order valence-electron chi connectivity index (χ0n) is 19.5. The zero-order chi connectivity index (χ0) is 25.4. The molecule has 0 aliphatic heterocycles. The molecular formula is C29H26FN3O3. The van der Waals surface area contributed by atoms with Gasteiger partial charge < -0.3 is 10.5 Å². The van der Waals surface area contributed by atoms with Gasteiger partial charge >= 0.3 is 6.03 Å². The molecule has 36 heavy (non-hydrogen) atoms. The first-order valence-corrected chi connectivity index (χ1v) is 11.4. The molecule has 7 heteroatoms. The van der Waals surface area contributed by atoms with Gasteiger partial charge in [0.25, 0.3) is 5.91 Å². The molecule has 3 N–H and O–H groups in total. The van der Waals surface area contributed by atoms with Gasteiger partial charge in [-0.15, -0.1) is 0 Å². The Balaban J connectivity index is 1.72. The number of amides is 3. The lowest BCUT2D eigenvalue weighted by molar-refractivity contribution is -0.143. The number of benzene rings is 4. The number of rotatable bonds is 8. The molecule has 6 nitrogen and oxygen atoms in total. The van der Waals surface area contributed by atoms with E-state index in [1.807, 2.05) is 91.0 Å². The lowest BCUT2D eigenvalue weighted by Crippen LogP contribution is -2.50. The molecule has 0 bridgehead atoms. The van der Waals surface area contributed by atoms with Crippen molar-refractivity contribution in [2.75, 3.05) is 6.61 Å². The molecule has 0 unspecified atom stereocenters. The van der Waals surface area contributed by atoms with Gasteiger partial charge in [-0.3, -0.25) is 4.79 Å². The molecule has 0 fully saturated rings. The summed E-state index contributed by atoms with van der Waals surface area (Å²) in [7, 11) is 0. The fraction of sp³-hybridized carbons (Fsp3) is 0.103. The number of hydrogen-bond donors (Lipinski definition) is 2. The fourth-order valence-electron chi connectivity index (χ4n) is 4.14. The first-order chi connectivity index (χ1) is 17.5. The van der Waals surface area contributed by atoms with Crippen LogP contribution in [0.3, 0.4) is 0 Å². The summed E-state index contributed by atoms with van der Waals surface area (Å²) < 4.78 is 20.8. The molecule has 0 atom stereocenters. The standard InChI is InChI=1S/C29H26FN3O3/c30-26-19-11-10-12-22(26)20-33(32-28(31)35)27(34)21-36-29(23-13-4-1-5-14-23,24-15-6-2-7-16-24)25-17-8-3-9-18-25/h1-19H,20-21H2,(H3,31,32,35). The summed E-state index contributed by atoms with van der Waals surface area (Å²) in [5.41, 5.74) is 9.13. The van der Waals surface area contributed by atoms with Crippen LogP contribution in [-0.4, -0.2) is 23.6 Å². The van der Waals surface area contributed by atoms with Crippen LogP contribution in [0.5, 0.6) is 0 Å². The van der Waals surface area contributed by atoms with Crippen molar-refractivity contribution in [3.63, 3.8) is 0 Å². The molecule has 4 aromatic carbocycles. The number of carbonyl (C=O) groups excluding carboxylic acids is 2. The monoisotopic (exact) mass is 483 g/mol. The maximum absolute atomic E-state index is 14.3. The highest BCUT2D eigenvalue weighted by atomic mass is 19.1. The van der Waals surface area contributed by atoms with Gasteiger partial charge in [-0.1, -0.05) is 109 Å². The van der Waals surface area contributed by atoms with Crippen LogP contribution in [0.15, 0.2) is 115 Å². The normalized spacial score (nSPS) is 11.0. The van der Waals surface area contributed by atoms with Crippen molar-refractivity contribution in [3.05, 3.63) is 143 Å². The Hall–Kier alpha value is -4.49. The van der Waals surface area contributed by atoms with Gasteiger partial charge in [-0.25, -0.2) is 19.6 Å². The number of halogens is 1. The molecule has 0 heterocycles. The predicted octanol–water partition coefficient (Wildman–Crippen LogP) is 4.75. The topological polar surface area (TPSA) is 84.7 Å². The summed E-state index contributed by atoms with van der Waals surface area (Å²) in [6, 6.07) is 33.8. The van der Waals surface area contributed by atoms with Gasteiger partial charge in [0.15, 0.2) is 0 Å². The molecule has 0 saturated heterocycles. The molecule has 0 aliphatic rings. The highest BCUT2D eigenvalue weighted by Gasteiger charge is 2.38. The van der Waals surface area contributed by atoms with Gasteiger partial charge in [-0.2, -0.15) is 0 Å². The van der Waals surface area contributed by atoms with Gasteiger partial charge in [0, 0.05) is 5.56 Å². The third-order valence-electron chi connectivity index (χ3n) is 5.79. The van der Waals surface area contributed by atoms with Crippen LogP contribution in [-0.2, 0) is 21.7 Å². The van der Waals surface area contributed by atoms with Crippen LogP contribution in [0.1, 0.15) is 22.3 Å². The van der Waals surface area contributed by atoms with Crippen LogP contribution < -0.4 is 11.2 Å². The number of ether oxygens (including phenoxy) is 1. The van der Waals surface area contributed by atoms with E-state index >= 15 is 0 Å². The quantitative estimate of drug-likeness (QED) is 0.280. The molecule has 4 aromatic rings. The third kappa shape index (κ3) is 5.42. The van der Waals surface area contributed by atoms with Gasteiger partial charge in [0.05, 0.1) is 6.54 Å². The van der Waals surface area contributed by atoms with Crippen molar-refractivity contribution in [1.29, 1.82) is 0 Å². The number of carbonyl (C=O) groups is 2. The second-order valence-electron chi connectivity index (χ2n) is 8.12. The lowest BCUT2D eigenvalue weighted by atomic mass is 9.80. The molecule has 3 amide bonds. The smallest absolute Gasteiger partial charge is 0.331 e. The molecule has 182 valence electrons. The third-order valence-corrected chi connectivity index (χ3v) is 5.79. The minimum atomic E-state index is -1.13. The Labute approximate surface area is 209 Å². The van der Waals surface area contributed by atoms with Crippen molar-refractivity contribution in [1.82, 2.24) is 10.4 Å². The maximum Gasteiger partial charge on any atom is 0.331 e. The molecule has 4 rings (SSSR count). The van der Waals surface area contributed by atoms with Crippen LogP contribution >= 0.6 is 0 Å². The van der Waals surface area contributed by atoms with Crippen molar-refractivity contribution >= 4 is 11.9 Å². The number of primary amides is 1. The summed E-state index contributed by atoms with van der Waals surface area (Å²) >= 11 is 0. The predicted molar refractivity (Wildman–Crippen MR) is 135 cm³/mol. The highest BCUT2D eigenvalue weighted by molar-refractivity contribution is 5.81. The van der Waals surface area contributed by atoms with Crippen LogP contribution in [0.25, 0.3) is 0 Å². The maximum atomic E-state index is 14.3. The summed E-state index contributed by atoms with van der Waals surface area (Å²) in [5, 5.41) is 0.965. The number of nitrogens with zero attached hydrogens (tertiary/aromatic N) is 1. The Morgan fingerprint density at radius 2 is 1.19 bits per heavy atom. The van der Waals surface area contributed by atoms with E-state index in [-0.39, 0.29) is 12.1 Å². The van der Waals surface area contributed by atoms with Crippen molar-refractivity contribution in [3.8, 4) is 0 Å². The van der Waals surface area contributed by atoms with Gasteiger partial charge in [-0.05, 0) is 22.8 Å².